The maximum Gasteiger partial charge on any atom is 0.273 e. The summed E-state index contributed by atoms with van der Waals surface area (Å²) in [6.07, 6.45) is 1.40. The summed E-state index contributed by atoms with van der Waals surface area (Å²) < 4.78 is 5.61. The van der Waals surface area contributed by atoms with E-state index in [1.54, 1.807) is 6.07 Å². The summed E-state index contributed by atoms with van der Waals surface area (Å²) in [5, 5.41) is 21.0. The number of fused-ring (bicyclic) bond motifs is 2. The van der Waals surface area contributed by atoms with E-state index in [1.165, 1.54) is 19.9 Å². The van der Waals surface area contributed by atoms with Crippen molar-refractivity contribution in [2.75, 3.05) is 6.54 Å². The minimum Gasteiger partial charge on any atom is -0.446 e. The smallest absolute Gasteiger partial charge is 0.273 e. The van der Waals surface area contributed by atoms with Crippen molar-refractivity contribution in [1.29, 1.82) is 0 Å². The number of hydrogen-bond acceptors (Lipinski definition) is 9. The molecule has 0 radical (unpaired) electrons. The Kier molecular flexibility index (Phi) is 10.2. The number of amides is 4. The van der Waals surface area contributed by atoms with Gasteiger partial charge in [-0.05, 0) is 50.8 Å². The first kappa shape index (κ1) is 30.6. The van der Waals surface area contributed by atoms with Crippen LogP contribution in [0.1, 0.15) is 80.4 Å². The number of carbonyl (C=O) groups is 5. The molecule has 2 bridgehead atoms. The van der Waals surface area contributed by atoms with Crippen LogP contribution in [-0.2, 0) is 16.0 Å². The molecule has 5 N–H and O–H groups in total. The molecule has 1 aromatic carbocycles. The van der Waals surface area contributed by atoms with Gasteiger partial charge in [0.15, 0.2) is 11.5 Å². The summed E-state index contributed by atoms with van der Waals surface area (Å²) in [4.78, 5) is 69.0. The fourth-order valence-electron chi connectivity index (χ4n) is 4.44. The van der Waals surface area contributed by atoms with Gasteiger partial charge in [0.1, 0.15) is 24.4 Å². The van der Waals surface area contributed by atoms with E-state index < -0.39 is 47.9 Å². The molecule has 4 rings (SSSR count). The van der Waals surface area contributed by atoms with Gasteiger partial charge in [0.05, 0.1) is 15.9 Å². The first-order valence-electron chi connectivity index (χ1n) is 13.6. The van der Waals surface area contributed by atoms with Crippen molar-refractivity contribution >= 4 is 40.7 Å². The van der Waals surface area contributed by atoms with E-state index in [1.807, 2.05) is 30.3 Å². The van der Waals surface area contributed by atoms with Crippen LogP contribution in [0.2, 0.25) is 0 Å². The molecule has 0 saturated carbocycles. The molecule has 0 unspecified atom stereocenters. The third kappa shape index (κ3) is 7.89. The quantitative estimate of drug-likeness (QED) is 0.268. The third-order valence-corrected chi connectivity index (χ3v) is 7.91. The van der Waals surface area contributed by atoms with Gasteiger partial charge < -0.3 is 30.8 Å². The van der Waals surface area contributed by atoms with Crippen LogP contribution in [0, 0.1) is 0 Å². The Morgan fingerprint density at radius 1 is 1.07 bits per heavy atom. The van der Waals surface area contributed by atoms with Gasteiger partial charge in [0, 0.05) is 13.0 Å². The summed E-state index contributed by atoms with van der Waals surface area (Å²) >= 11 is 1.04. The molecule has 12 nitrogen and oxygen atoms in total. The zero-order valence-electron chi connectivity index (χ0n) is 23.2. The topological polar surface area (TPSA) is 180 Å². The number of ketones is 1. The number of oxazole rings is 1. The summed E-state index contributed by atoms with van der Waals surface area (Å²) in [7, 11) is 0. The Morgan fingerprint density at radius 2 is 1.81 bits per heavy atom. The number of benzene rings is 1. The highest BCUT2D eigenvalue weighted by molar-refractivity contribution is 7.16. The van der Waals surface area contributed by atoms with Crippen LogP contribution in [0.4, 0.5) is 0 Å². The molecule has 4 amide bonds. The van der Waals surface area contributed by atoms with Crippen LogP contribution in [0.15, 0.2) is 53.1 Å². The lowest BCUT2D eigenvalue weighted by molar-refractivity contribution is -0.125. The van der Waals surface area contributed by atoms with Crippen LogP contribution in [0.3, 0.4) is 0 Å². The molecule has 1 aliphatic heterocycles. The molecule has 1 aliphatic rings. The molecule has 222 valence electrons. The SMILES string of the molecule is CC(=O)c1ccc(C(=O)N[C@H]2CCCCNC(=O)[C@H]([C@@H](C)O)NC(=O)c3coc(n3)[C@H](Cc3ccccc3)NC2=O)s1. The standard InChI is InChI=1S/C29H33N5O7S/c1-16(35)22-11-12-23(42-22)27(39)31-19-10-6-7-13-30-28(40)24(17(2)36)34-26(38)21-15-41-29(33-21)20(32-25(19)37)14-18-8-4-3-5-9-18/h3-5,8-9,11-12,15,17,19-20,24,36H,6-7,10,13-14H2,1-2H3,(H,30,40)(H,31,39)(H,32,37)(H,34,38)/t17-,19+,20+,24+/m1/s1. The largest absolute Gasteiger partial charge is 0.446 e. The molecular formula is C29H33N5O7S. The molecular weight excluding hydrogens is 562 g/mol. The third-order valence-electron chi connectivity index (χ3n) is 6.72. The van der Waals surface area contributed by atoms with Crippen molar-refractivity contribution < 1.29 is 33.5 Å². The number of aliphatic hydroxyl groups excluding tert-OH is 1. The van der Waals surface area contributed by atoms with Gasteiger partial charge in [0.25, 0.3) is 11.8 Å². The van der Waals surface area contributed by atoms with Crippen molar-refractivity contribution in [3.05, 3.63) is 75.6 Å². The normalized spacial score (nSPS) is 21.0. The number of nitrogens with one attached hydrogen (secondary N) is 4. The molecule has 0 aliphatic carbocycles. The van der Waals surface area contributed by atoms with Gasteiger partial charge in [-0.25, -0.2) is 4.98 Å². The zero-order valence-corrected chi connectivity index (χ0v) is 24.0. The lowest BCUT2D eigenvalue weighted by atomic mass is 10.0. The van der Waals surface area contributed by atoms with Gasteiger partial charge in [0.2, 0.25) is 17.7 Å². The van der Waals surface area contributed by atoms with E-state index in [4.69, 9.17) is 4.42 Å². The summed E-state index contributed by atoms with van der Waals surface area (Å²) in [5.41, 5.74) is 0.731. The highest BCUT2D eigenvalue weighted by atomic mass is 32.1. The van der Waals surface area contributed by atoms with E-state index >= 15 is 0 Å². The number of aromatic nitrogens is 1. The molecule has 0 fully saturated rings. The average molecular weight is 596 g/mol. The number of thiophene rings is 1. The van der Waals surface area contributed by atoms with Crippen LogP contribution in [0.5, 0.6) is 0 Å². The number of rotatable bonds is 6. The molecule has 0 spiro atoms. The van der Waals surface area contributed by atoms with Gasteiger partial charge in [-0.2, -0.15) is 0 Å². The molecule has 4 atom stereocenters. The van der Waals surface area contributed by atoms with Crippen LogP contribution in [-0.4, -0.2) is 64.2 Å². The number of Topliss-reactive ketones (excluding diaryl/α,β-unsaturated/α-hetero) is 1. The monoisotopic (exact) mass is 595 g/mol. The van der Waals surface area contributed by atoms with Gasteiger partial charge >= 0.3 is 0 Å². The summed E-state index contributed by atoms with van der Waals surface area (Å²) in [5.74, 6) is -2.39. The number of aliphatic hydroxyl groups is 1. The van der Waals surface area contributed by atoms with E-state index in [-0.39, 0.29) is 36.8 Å². The second kappa shape index (κ2) is 14.0. The van der Waals surface area contributed by atoms with Crippen LogP contribution >= 0.6 is 11.3 Å². The predicted octanol–water partition coefficient (Wildman–Crippen LogP) is 1.92. The predicted molar refractivity (Wildman–Crippen MR) is 153 cm³/mol. The number of hydrogen-bond donors (Lipinski definition) is 5. The summed E-state index contributed by atoms with van der Waals surface area (Å²) in [6.45, 7) is 3.02. The minimum absolute atomic E-state index is 0.0527. The second-order valence-corrected chi connectivity index (χ2v) is 11.1. The maximum absolute atomic E-state index is 13.6. The van der Waals surface area contributed by atoms with E-state index in [0.717, 1.165) is 23.2 Å². The lowest BCUT2D eigenvalue weighted by Gasteiger charge is -2.23. The Hall–Kier alpha value is -4.36. The Balaban J connectivity index is 1.63. The van der Waals surface area contributed by atoms with E-state index in [9.17, 15) is 29.1 Å². The van der Waals surface area contributed by atoms with Gasteiger partial charge in [-0.15, -0.1) is 11.3 Å². The lowest BCUT2D eigenvalue weighted by Crippen LogP contribution is -2.52. The minimum atomic E-state index is -1.22. The first-order chi connectivity index (χ1) is 20.1. The fourth-order valence-corrected chi connectivity index (χ4v) is 5.24. The average Bonchev–Trinajstić information content (AvgIpc) is 3.65. The molecule has 42 heavy (non-hydrogen) atoms. The van der Waals surface area contributed by atoms with Crippen LogP contribution < -0.4 is 21.3 Å². The highest BCUT2D eigenvalue weighted by Crippen LogP contribution is 2.21. The Morgan fingerprint density at radius 3 is 2.50 bits per heavy atom. The molecule has 13 heteroatoms. The highest BCUT2D eigenvalue weighted by Gasteiger charge is 2.30. The van der Waals surface area contributed by atoms with Crippen molar-refractivity contribution in [1.82, 2.24) is 26.3 Å². The zero-order chi connectivity index (χ0) is 30.2. The molecule has 3 aromatic rings. The second-order valence-electron chi connectivity index (χ2n) is 10.0. The molecule has 0 saturated heterocycles. The van der Waals surface area contributed by atoms with Gasteiger partial charge in [-0.3, -0.25) is 24.0 Å². The van der Waals surface area contributed by atoms with Crippen LogP contribution in [0.25, 0.3) is 0 Å². The molecule has 3 heterocycles. The maximum atomic E-state index is 13.6. The Bertz CT molecular complexity index is 1430. The number of nitrogens with zero attached hydrogens (tertiary/aromatic N) is 1. The molecule has 2 aromatic heterocycles. The first-order valence-corrected chi connectivity index (χ1v) is 14.4. The number of carbonyl (C=O) groups excluding carboxylic acids is 5. The fraction of sp³-hybridized carbons (Fsp3) is 0.379. The van der Waals surface area contributed by atoms with Crippen molar-refractivity contribution in [3.63, 3.8) is 0 Å². The van der Waals surface area contributed by atoms with Gasteiger partial charge in [-0.1, -0.05) is 30.3 Å². The van der Waals surface area contributed by atoms with Crippen molar-refractivity contribution in [2.24, 2.45) is 0 Å². The Labute approximate surface area is 246 Å². The van der Waals surface area contributed by atoms with E-state index in [2.05, 4.69) is 26.3 Å². The van der Waals surface area contributed by atoms with Crippen molar-refractivity contribution in [2.45, 2.75) is 63.8 Å². The van der Waals surface area contributed by atoms with Crippen molar-refractivity contribution in [3.8, 4) is 0 Å². The van der Waals surface area contributed by atoms with E-state index in [0.29, 0.717) is 22.6 Å². The summed E-state index contributed by atoms with van der Waals surface area (Å²) in [6, 6.07) is 9.43.